The second-order valence-corrected chi connectivity index (χ2v) is 6.43. The smallest absolute Gasteiger partial charge is 0.333 e. The van der Waals surface area contributed by atoms with Gasteiger partial charge in [-0.3, -0.25) is 4.79 Å². The number of likely N-dealkylation sites (tertiary alicyclic amines) is 1. The van der Waals surface area contributed by atoms with Gasteiger partial charge in [-0.05, 0) is 11.1 Å². The number of carbonyl (C=O) groups excluding carboxylic acids is 2. The van der Waals surface area contributed by atoms with Gasteiger partial charge in [0.2, 0.25) is 0 Å². The number of β-lactam (4-membered cyclic amide) rings is 1. The van der Waals surface area contributed by atoms with Crippen LogP contribution in [-0.2, 0) is 20.9 Å². The van der Waals surface area contributed by atoms with Crippen LogP contribution in [0.1, 0.15) is 17.0 Å². The van der Waals surface area contributed by atoms with Crippen LogP contribution >= 0.6 is 0 Å². The molecule has 1 saturated heterocycles. The summed E-state index contributed by atoms with van der Waals surface area (Å²) in [6.45, 7) is 4.32. The number of carbonyl (C=O) groups is 2. The van der Waals surface area contributed by atoms with Gasteiger partial charge in [-0.1, -0.05) is 67.2 Å². The van der Waals surface area contributed by atoms with Crippen LogP contribution < -0.4 is 0 Å². The highest BCUT2D eigenvalue weighted by Gasteiger charge is 2.57. The number of aliphatic hydroxyl groups is 1. The summed E-state index contributed by atoms with van der Waals surface area (Å²) < 4.78 is 4.76. The van der Waals surface area contributed by atoms with Crippen molar-refractivity contribution in [2.75, 3.05) is 13.7 Å². The Morgan fingerprint density at radius 2 is 1.77 bits per heavy atom. The third-order valence-electron chi connectivity index (χ3n) is 4.71. The van der Waals surface area contributed by atoms with Crippen LogP contribution in [0.4, 0.5) is 0 Å². The average Bonchev–Trinajstić information content (AvgIpc) is 2.68. The molecule has 0 saturated carbocycles. The number of esters is 1. The fourth-order valence-electron chi connectivity index (χ4n) is 3.42. The van der Waals surface area contributed by atoms with Crippen molar-refractivity contribution in [1.29, 1.82) is 0 Å². The van der Waals surface area contributed by atoms with Crippen LogP contribution in [0.5, 0.6) is 0 Å². The highest BCUT2D eigenvalue weighted by atomic mass is 16.5. The van der Waals surface area contributed by atoms with E-state index in [2.05, 4.69) is 6.58 Å². The number of nitrogens with zero attached hydrogens (tertiary/aromatic N) is 1. The molecule has 0 unspecified atom stereocenters. The molecule has 0 aliphatic carbocycles. The Hall–Kier alpha value is -2.92. The topological polar surface area (TPSA) is 66.8 Å². The molecule has 3 rings (SSSR count). The summed E-state index contributed by atoms with van der Waals surface area (Å²) in [4.78, 5) is 26.4. The Balaban J connectivity index is 1.86. The molecule has 1 N–H and O–H groups in total. The Morgan fingerprint density at radius 1 is 1.19 bits per heavy atom. The summed E-state index contributed by atoms with van der Waals surface area (Å²) in [5.74, 6) is -1.91. The van der Waals surface area contributed by atoms with Crippen molar-refractivity contribution in [3.05, 3.63) is 83.9 Å². The number of β-amino-alcohol motifs (C(OH)–C–C–N with tert-alkyl or cyclic N) is 1. The average molecular weight is 351 g/mol. The second-order valence-electron chi connectivity index (χ2n) is 6.43. The molecule has 1 aliphatic heterocycles. The van der Waals surface area contributed by atoms with E-state index in [-0.39, 0.29) is 12.1 Å². The van der Waals surface area contributed by atoms with E-state index in [1.54, 1.807) is 29.2 Å². The fourth-order valence-corrected chi connectivity index (χ4v) is 3.42. The largest absolute Gasteiger partial charge is 0.466 e. The minimum absolute atomic E-state index is 0.0638. The molecule has 0 spiro atoms. The monoisotopic (exact) mass is 351 g/mol. The summed E-state index contributed by atoms with van der Waals surface area (Å²) in [6.07, 6.45) is 0. The molecule has 1 fully saturated rings. The molecule has 5 nitrogen and oxygen atoms in total. The SMILES string of the molecule is C=C(C(=O)OC)[C@@H](c1ccccc1)[C@]1(O)CN(Cc2ccccc2)C1=O. The lowest BCUT2D eigenvalue weighted by atomic mass is 9.72. The molecule has 2 aromatic carbocycles. The number of benzene rings is 2. The number of hydrogen-bond donors (Lipinski definition) is 1. The van der Waals surface area contributed by atoms with Gasteiger partial charge in [0.15, 0.2) is 5.60 Å². The minimum atomic E-state index is -1.71. The lowest BCUT2D eigenvalue weighted by molar-refractivity contribution is -0.179. The van der Waals surface area contributed by atoms with Gasteiger partial charge >= 0.3 is 5.97 Å². The van der Waals surface area contributed by atoms with Gasteiger partial charge < -0.3 is 14.7 Å². The Morgan fingerprint density at radius 3 is 2.31 bits per heavy atom. The van der Waals surface area contributed by atoms with E-state index in [1.807, 2.05) is 36.4 Å². The van der Waals surface area contributed by atoms with Crippen molar-refractivity contribution in [3.63, 3.8) is 0 Å². The van der Waals surface area contributed by atoms with Gasteiger partial charge in [0.25, 0.3) is 5.91 Å². The van der Waals surface area contributed by atoms with Crippen LogP contribution in [0.2, 0.25) is 0 Å². The molecule has 0 bridgehead atoms. The van der Waals surface area contributed by atoms with E-state index in [0.29, 0.717) is 12.1 Å². The number of hydrogen-bond acceptors (Lipinski definition) is 4. The van der Waals surface area contributed by atoms with E-state index >= 15 is 0 Å². The zero-order valence-electron chi connectivity index (χ0n) is 14.6. The third-order valence-corrected chi connectivity index (χ3v) is 4.71. The zero-order chi connectivity index (χ0) is 18.7. The fraction of sp³-hybridized carbons (Fsp3) is 0.238. The van der Waals surface area contributed by atoms with Crippen molar-refractivity contribution >= 4 is 11.9 Å². The number of methoxy groups -OCH3 is 1. The highest BCUT2D eigenvalue weighted by Crippen LogP contribution is 2.42. The van der Waals surface area contributed by atoms with Gasteiger partial charge in [0.05, 0.1) is 19.6 Å². The standard InChI is InChI=1S/C21H21NO4/c1-15(19(23)26-2)18(17-11-7-4-8-12-17)21(25)14-22(20(21)24)13-16-9-5-3-6-10-16/h3-12,18,25H,1,13-14H2,2H3/t18-,21+/m0/s1. The molecular weight excluding hydrogens is 330 g/mol. The molecule has 1 amide bonds. The van der Waals surface area contributed by atoms with E-state index < -0.39 is 23.4 Å². The normalized spacial score (nSPS) is 20.2. The molecule has 2 atom stereocenters. The molecule has 26 heavy (non-hydrogen) atoms. The Bertz CT molecular complexity index is 818. The second kappa shape index (κ2) is 7.14. The minimum Gasteiger partial charge on any atom is -0.466 e. The zero-order valence-corrected chi connectivity index (χ0v) is 14.6. The maximum atomic E-state index is 12.8. The highest BCUT2D eigenvalue weighted by molar-refractivity contribution is 5.97. The number of ether oxygens (including phenoxy) is 1. The van der Waals surface area contributed by atoms with Gasteiger partial charge in [0, 0.05) is 12.1 Å². The van der Waals surface area contributed by atoms with Crippen LogP contribution in [-0.4, -0.2) is 41.1 Å². The van der Waals surface area contributed by atoms with Crippen molar-refractivity contribution in [3.8, 4) is 0 Å². The lowest BCUT2D eigenvalue weighted by Crippen LogP contribution is -2.69. The first-order chi connectivity index (χ1) is 12.5. The molecule has 1 heterocycles. The van der Waals surface area contributed by atoms with Gasteiger partial charge in [-0.25, -0.2) is 4.79 Å². The molecule has 134 valence electrons. The maximum Gasteiger partial charge on any atom is 0.333 e. The summed E-state index contributed by atoms with van der Waals surface area (Å²) in [5, 5.41) is 11.1. The van der Waals surface area contributed by atoms with Crippen LogP contribution in [0.3, 0.4) is 0 Å². The van der Waals surface area contributed by atoms with E-state index in [0.717, 1.165) is 5.56 Å². The summed E-state index contributed by atoms with van der Waals surface area (Å²) in [6, 6.07) is 18.5. The van der Waals surface area contributed by atoms with Crippen LogP contribution in [0, 0.1) is 0 Å². The first-order valence-electron chi connectivity index (χ1n) is 8.35. The predicted octanol–water partition coefficient (Wildman–Crippen LogP) is 2.27. The summed E-state index contributed by atoms with van der Waals surface area (Å²) >= 11 is 0. The lowest BCUT2D eigenvalue weighted by Gasteiger charge is -2.49. The van der Waals surface area contributed by atoms with Crippen LogP contribution in [0.25, 0.3) is 0 Å². The molecule has 5 heteroatoms. The van der Waals surface area contributed by atoms with Gasteiger partial charge in [0.1, 0.15) is 0 Å². The van der Waals surface area contributed by atoms with Crippen molar-refractivity contribution in [2.24, 2.45) is 0 Å². The summed E-state index contributed by atoms with van der Waals surface area (Å²) in [5.41, 5.74) is -0.0144. The quantitative estimate of drug-likeness (QED) is 0.493. The summed E-state index contributed by atoms with van der Waals surface area (Å²) in [7, 11) is 1.25. The molecule has 2 aromatic rings. The maximum absolute atomic E-state index is 12.8. The predicted molar refractivity (Wildman–Crippen MR) is 97.1 cm³/mol. The van der Waals surface area contributed by atoms with Gasteiger partial charge in [-0.2, -0.15) is 0 Å². The van der Waals surface area contributed by atoms with Gasteiger partial charge in [-0.15, -0.1) is 0 Å². The molecule has 0 radical (unpaired) electrons. The van der Waals surface area contributed by atoms with E-state index in [9.17, 15) is 14.7 Å². The Labute approximate surface area is 152 Å². The molecule has 1 aliphatic rings. The number of amides is 1. The van der Waals surface area contributed by atoms with Crippen molar-refractivity contribution in [2.45, 2.75) is 18.1 Å². The van der Waals surface area contributed by atoms with Crippen molar-refractivity contribution < 1.29 is 19.4 Å². The first-order valence-corrected chi connectivity index (χ1v) is 8.35. The van der Waals surface area contributed by atoms with Crippen molar-refractivity contribution in [1.82, 2.24) is 4.90 Å². The van der Waals surface area contributed by atoms with E-state index in [1.165, 1.54) is 7.11 Å². The molecule has 0 aromatic heterocycles. The molecular formula is C21H21NO4. The third kappa shape index (κ3) is 3.13. The van der Waals surface area contributed by atoms with E-state index in [4.69, 9.17) is 4.74 Å². The van der Waals surface area contributed by atoms with Crippen LogP contribution in [0.15, 0.2) is 72.8 Å². The Kier molecular flexibility index (Phi) is 4.91. The number of rotatable bonds is 6. The first kappa shape index (κ1) is 17.9.